The van der Waals surface area contributed by atoms with Crippen molar-refractivity contribution in [2.45, 2.75) is 19.8 Å². The molecule has 4 aromatic rings. The number of aromatic nitrogens is 1. The van der Waals surface area contributed by atoms with Crippen LogP contribution in [0.4, 0.5) is 10.1 Å². The Morgan fingerprint density at radius 1 is 1.03 bits per heavy atom. The van der Waals surface area contributed by atoms with Crippen LogP contribution in [0.2, 0.25) is 0 Å². The fourth-order valence-electron chi connectivity index (χ4n) is 3.41. The van der Waals surface area contributed by atoms with Gasteiger partial charge in [0, 0.05) is 25.1 Å². The third kappa shape index (κ3) is 4.04. The van der Waals surface area contributed by atoms with Gasteiger partial charge >= 0.3 is 0 Å². The molecule has 0 fully saturated rings. The molecule has 1 aromatic heterocycles. The lowest BCUT2D eigenvalue weighted by atomic mass is 10.1. The molecule has 0 spiro atoms. The maximum Gasteiger partial charge on any atom is 0.227 e. The first-order chi connectivity index (χ1) is 14.2. The van der Waals surface area contributed by atoms with E-state index in [1.165, 1.54) is 12.3 Å². The smallest absolute Gasteiger partial charge is 0.227 e. The van der Waals surface area contributed by atoms with Gasteiger partial charge in [-0.1, -0.05) is 42.5 Å². The van der Waals surface area contributed by atoms with Gasteiger partial charge in [-0.25, -0.2) is 9.37 Å². The second kappa shape index (κ2) is 8.27. The molecule has 1 amide bonds. The number of carbonyl (C=O) groups is 1. The highest BCUT2D eigenvalue weighted by atomic mass is 19.1. The summed E-state index contributed by atoms with van der Waals surface area (Å²) in [4.78, 5) is 18.8. The number of anilines is 1. The van der Waals surface area contributed by atoms with E-state index >= 15 is 0 Å². The van der Waals surface area contributed by atoms with Crippen LogP contribution in [-0.4, -0.2) is 17.4 Å². The Labute approximate surface area is 168 Å². The molecule has 0 N–H and O–H groups in total. The molecule has 0 aliphatic heterocycles. The van der Waals surface area contributed by atoms with Gasteiger partial charge in [0.15, 0.2) is 11.7 Å². The largest absolute Gasteiger partial charge is 0.441 e. The molecule has 0 saturated heterocycles. The van der Waals surface area contributed by atoms with Crippen molar-refractivity contribution in [3.8, 4) is 11.3 Å². The number of carbonyl (C=O) groups excluding carboxylic acids is 1. The van der Waals surface area contributed by atoms with Crippen LogP contribution >= 0.6 is 0 Å². The molecule has 29 heavy (non-hydrogen) atoms. The van der Waals surface area contributed by atoms with E-state index in [0.717, 1.165) is 16.5 Å². The van der Waals surface area contributed by atoms with Crippen LogP contribution in [0.5, 0.6) is 0 Å². The Morgan fingerprint density at radius 3 is 2.59 bits per heavy atom. The standard InChI is InChI=1S/C24H21FN2O2/c1-2-27(19-12-11-17-7-3-4-8-18(17)15-19)24(28)14-13-23-26-16-22(29-23)20-9-5-6-10-21(20)25/h3-12,15-16H,2,13-14H2,1H3. The lowest BCUT2D eigenvalue weighted by Gasteiger charge is -2.21. The average Bonchev–Trinajstić information content (AvgIpc) is 3.22. The van der Waals surface area contributed by atoms with Gasteiger partial charge in [-0.15, -0.1) is 0 Å². The minimum atomic E-state index is -0.361. The van der Waals surface area contributed by atoms with Crippen molar-refractivity contribution < 1.29 is 13.6 Å². The van der Waals surface area contributed by atoms with Crippen molar-refractivity contribution in [2.75, 3.05) is 11.4 Å². The molecule has 0 bridgehead atoms. The molecule has 0 atom stereocenters. The van der Waals surface area contributed by atoms with Gasteiger partial charge in [-0.3, -0.25) is 4.79 Å². The highest BCUT2D eigenvalue weighted by Crippen LogP contribution is 2.25. The van der Waals surface area contributed by atoms with Crippen LogP contribution in [-0.2, 0) is 11.2 Å². The second-order valence-electron chi connectivity index (χ2n) is 6.77. The topological polar surface area (TPSA) is 46.3 Å². The van der Waals surface area contributed by atoms with Gasteiger partial charge in [0.05, 0.1) is 11.8 Å². The fourth-order valence-corrected chi connectivity index (χ4v) is 3.41. The minimum Gasteiger partial charge on any atom is -0.441 e. The SMILES string of the molecule is CCN(C(=O)CCc1ncc(-c2ccccc2F)o1)c1ccc2ccccc2c1. The number of oxazole rings is 1. The van der Waals surface area contributed by atoms with Gasteiger partial charge in [-0.05, 0) is 42.0 Å². The molecular formula is C24H21FN2O2. The molecular weight excluding hydrogens is 367 g/mol. The zero-order valence-electron chi connectivity index (χ0n) is 16.1. The third-order valence-electron chi connectivity index (χ3n) is 4.91. The number of hydrogen-bond acceptors (Lipinski definition) is 3. The van der Waals surface area contributed by atoms with Gasteiger partial charge < -0.3 is 9.32 Å². The summed E-state index contributed by atoms with van der Waals surface area (Å²) in [7, 11) is 0. The van der Waals surface area contributed by atoms with Crippen molar-refractivity contribution >= 4 is 22.4 Å². The molecule has 0 aliphatic carbocycles. The predicted molar refractivity (Wildman–Crippen MR) is 112 cm³/mol. The summed E-state index contributed by atoms with van der Waals surface area (Å²) in [5.74, 6) is 0.423. The maximum atomic E-state index is 13.9. The summed E-state index contributed by atoms with van der Waals surface area (Å²) >= 11 is 0. The summed E-state index contributed by atoms with van der Waals surface area (Å²) in [5, 5.41) is 2.23. The number of amides is 1. The predicted octanol–water partition coefficient (Wildman–Crippen LogP) is 5.62. The first-order valence-corrected chi connectivity index (χ1v) is 9.64. The molecule has 4 nitrogen and oxygen atoms in total. The number of benzene rings is 3. The van der Waals surface area contributed by atoms with Crippen molar-refractivity contribution in [2.24, 2.45) is 0 Å². The minimum absolute atomic E-state index is 0.00609. The van der Waals surface area contributed by atoms with Crippen LogP contribution in [0.3, 0.4) is 0 Å². The molecule has 0 saturated carbocycles. The number of nitrogens with zero attached hydrogens (tertiary/aromatic N) is 2. The maximum absolute atomic E-state index is 13.9. The van der Waals surface area contributed by atoms with Crippen LogP contribution in [0, 0.1) is 5.82 Å². The third-order valence-corrected chi connectivity index (χ3v) is 4.91. The Bertz CT molecular complexity index is 1150. The van der Waals surface area contributed by atoms with Crippen molar-refractivity contribution in [1.29, 1.82) is 0 Å². The van der Waals surface area contributed by atoms with Gasteiger partial charge in [0.2, 0.25) is 5.91 Å². The molecule has 146 valence electrons. The normalized spacial score (nSPS) is 11.0. The highest BCUT2D eigenvalue weighted by molar-refractivity contribution is 5.96. The summed E-state index contributed by atoms with van der Waals surface area (Å²) in [6, 6.07) is 20.5. The number of aryl methyl sites for hydroxylation is 1. The van der Waals surface area contributed by atoms with E-state index in [2.05, 4.69) is 4.98 Å². The number of hydrogen-bond donors (Lipinski definition) is 0. The van der Waals surface area contributed by atoms with E-state index in [-0.39, 0.29) is 18.1 Å². The van der Waals surface area contributed by atoms with E-state index in [1.807, 2.05) is 49.4 Å². The van der Waals surface area contributed by atoms with E-state index in [4.69, 9.17) is 4.42 Å². The Hall–Kier alpha value is -3.47. The van der Waals surface area contributed by atoms with Crippen LogP contribution in [0.25, 0.3) is 22.1 Å². The number of halogens is 1. The van der Waals surface area contributed by atoms with Crippen molar-refractivity contribution in [3.05, 3.63) is 84.6 Å². The van der Waals surface area contributed by atoms with E-state index in [9.17, 15) is 9.18 Å². The molecule has 0 aliphatic rings. The average molecular weight is 388 g/mol. The molecule has 3 aromatic carbocycles. The van der Waals surface area contributed by atoms with E-state index in [1.54, 1.807) is 23.1 Å². The van der Waals surface area contributed by atoms with Crippen LogP contribution in [0.1, 0.15) is 19.2 Å². The zero-order chi connectivity index (χ0) is 20.2. The molecule has 0 radical (unpaired) electrons. The Kier molecular flexibility index (Phi) is 5.38. The first kappa shape index (κ1) is 18.9. The van der Waals surface area contributed by atoms with Crippen LogP contribution in [0.15, 0.2) is 77.3 Å². The Morgan fingerprint density at radius 2 is 1.79 bits per heavy atom. The summed E-state index contributed by atoms with van der Waals surface area (Å²) in [6.45, 7) is 2.53. The summed E-state index contributed by atoms with van der Waals surface area (Å²) in [6.07, 6.45) is 2.12. The van der Waals surface area contributed by atoms with Crippen molar-refractivity contribution in [3.63, 3.8) is 0 Å². The van der Waals surface area contributed by atoms with Crippen molar-refractivity contribution in [1.82, 2.24) is 4.98 Å². The first-order valence-electron chi connectivity index (χ1n) is 9.64. The molecule has 5 heteroatoms. The lowest BCUT2D eigenvalue weighted by molar-refractivity contribution is -0.118. The lowest BCUT2D eigenvalue weighted by Crippen LogP contribution is -2.30. The monoisotopic (exact) mass is 388 g/mol. The molecule has 4 rings (SSSR count). The number of fused-ring (bicyclic) bond motifs is 1. The zero-order valence-corrected chi connectivity index (χ0v) is 16.1. The van der Waals surface area contributed by atoms with E-state index in [0.29, 0.717) is 30.2 Å². The molecule has 1 heterocycles. The number of rotatable bonds is 6. The second-order valence-corrected chi connectivity index (χ2v) is 6.77. The van der Waals surface area contributed by atoms with Gasteiger partial charge in [0.25, 0.3) is 0 Å². The summed E-state index contributed by atoms with van der Waals surface area (Å²) in [5.41, 5.74) is 1.24. The van der Waals surface area contributed by atoms with Crippen LogP contribution < -0.4 is 4.90 Å². The van der Waals surface area contributed by atoms with Gasteiger partial charge in [-0.2, -0.15) is 0 Å². The quantitative estimate of drug-likeness (QED) is 0.431. The summed E-state index contributed by atoms with van der Waals surface area (Å²) < 4.78 is 19.6. The van der Waals surface area contributed by atoms with Gasteiger partial charge in [0.1, 0.15) is 5.82 Å². The highest BCUT2D eigenvalue weighted by Gasteiger charge is 2.16. The Balaban J connectivity index is 1.46. The van der Waals surface area contributed by atoms with E-state index < -0.39 is 0 Å². The molecule has 0 unspecified atom stereocenters. The fraction of sp³-hybridized carbons (Fsp3) is 0.167.